The number of fused-ring (bicyclic) bond motifs is 1. The Morgan fingerprint density at radius 3 is 2.67 bits per heavy atom. The minimum absolute atomic E-state index is 0.218. The van der Waals surface area contributed by atoms with Gasteiger partial charge in [-0.15, -0.1) is 0 Å². The minimum Gasteiger partial charge on any atom is -0.347 e. The van der Waals surface area contributed by atoms with Gasteiger partial charge in [0.2, 0.25) is 0 Å². The number of nitrogens with one attached hydrogen (secondary N) is 1. The van der Waals surface area contributed by atoms with Gasteiger partial charge in [0.05, 0.1) is 0 Å². The normalized spacial score (nSPS) is 12.2. The maximum absolute atomic E-state index is 3.53. The van der Waals surface area contributed by atoms with Gasteiger partial charge in [0.1, 0.15) is 0 Å². The molecule has 0 amide bonds. The van der Waals surface area contributed by atoms with Crippen molar-refractivity contribution in [3.63, 3.8) is 0 Å². The highest BCUT2D eigenvalue weighted by Gasteiger charge is 2.07. The summed E-state index contributed by atoms with van der Waals surface area (Å²) in [6.07, 6.45) is 3.36. The van der Waals surface area contributed by atoms with E-state index in [-0.39, 0.29) is 5.54 Å². The molecular formula is C16H24N2. The van der Waals surface area contributed by atoms with Gasteiger partial charge in [0.25, 0.3) is 0 Å². The molecule has 2 rings (SSSR count). The van der Waals surface area contributed by atoms with Gasteiger partial charge < -0.3 is 9.88 Å². The fraction of sp³-hybridized carbons (Fsp3) is 0.500. The van der Waals surface area contributed by atoms with Crippen LogP contribution in [0.15, 0.2) is 30.5 Å². The molecule has 98 valence electrons. The van der Waals surface area contributed by atoms with Crippen LogP contribution in [0.5, 0.6) is 0 Å². The average molecular weight is 244 g/mol. The Hall–Kier alpha value is -1.28. The topological polar surface area (TPSA) is 17.0 Å². The number of aromatic nitrogens is 1. The van der Waals surface area contributed by atoms with Crippen molar-refractivity contribution in [2.75, 3.05) is 6.54 Å². The smallest absolute Gasteiger partial charge is 0.0482 e. The Balaban J connectivity index is 1.98. The summed E-state index contributed by atoms with van der Waals surface area (Å²) >= 11 is 0. The summed E-state index contributed by atoms with van der Waals surface area (Å²) in [5.41, 5.74) is 2.90. The van der Waals surface area contributed by atoms with E-state index in [4.69, 9.17) is 0 Å². The molecular weight excluding hydrogens is 220 g/mol. The Kier molecular flexibility index (Phi) is 3.76. The molecule has 0 aliphatic carbocycles. The van der Waals surface area contributed by atoms with E-state index < -0.39 is 0 Å². The summed E-state index contributed by atoms with van der Waals surface area (Å²) < 4.78 is 2.35. The van der Waals surface area contributed by atoms with Crippen LogP contribution in [0.4, 0.5) is 0 Å². The molecule has 1 N–H and O–H groups in total. The molecule has 0 atom stereocenters. The predicted molar refractivity (Wildman–Crippen MR) is 79.0 cm³/mol. The highest BCUT2D eigenvalue weighted by Crippen LogP contribution is 2.17. The SMILES string of the molecule is Cc1ccc2ccn(CCCNC(C)(C)C)c2c1. The molecule has 0 bridgehead atoms. The lowest BCUT2D eigenvalue weighted by molar-refractivity contribution is 0.414. The molecule has 0 spiro atoms. The Morgan fingerprint density at radius 1 is 1.17 bits per heavy atom. The Bertz CT molecular complexity index is 517. The van der Waals surface area contributed by atoms with Crippen LogP contribution in [0, 0.1) is 6.92 Å². The van der Waals surface area contributed by atoms with Crippen LogP contribution >= 0.6 is 0 Å². The zero-order valence-electron chi connectivity index (χ0n) is 12.0. The van der Waals surface area contributed by atoms with Crippen LogP contribution < -0.4 is 5.32 Å². The maximum atomic E-state index is 3.53. The van der Waals surface area contributed by atoms with E-state index in [1.807, 2.05) is 0 Å². The highest BCUT2D eigenvalue weighted by atomic mass is 15.0. The fourth-order valence-corrected chi connectivity index (χ4v) is 2.20. The molecule has 0 aliphatic rings. The third-order valence-corrected chi connectivity index (χ3v) is 3.16. The molecule has 0 radical (unpaired) electrons. The van der Waals surface area contributed by atoms with Gasteiger partial charge in [-0.05, 0) is 63.7 Å². The molecule has 0 unspecified atom stereocenters. The van der Waals surface area contributed by atoms with Crippen LogP contribution in [-0.4, -0.2) is 16.7 Å². The molecule has 2 aromatic rings. The molecule has 0 aliphatic heterocycles. The van der Waals surface area contributed by atoms with Gasteiger partial charge in [0.15, 0.2) is 0 Å². The molecule has 0 fully saturated rings. The lowest BCUT2D eigenvalue weighted by Gasteiger charge is -2.20. The van der Waals surface area contributed by atoms with Crippen LogP contribution in [-0.2, 0) is 6.54 Å². The molecule has 1 aromatic heterocycles. The minimum atomic E-state index is 0.218. The third-order valence-electron chi connectivity index (χ3n) is 3.16. The maximum Gasteiger partial charge on any atom is 0.0482 e. The van der Waals surface area contributed by atoms with E-state index in [1.165, 1.54) is 16.5 Å². The summed E-state index contributed by atoms with van der Waals surface area (Å²) in [5.74, 6) is 0. The zero-order chi connectivity index (χ0) is 13.2. The lowest BCUT2D eigenvalue weighted by atomic mass is 10.1. The van der Waals surface area contributed by atoms with Crippen molar-refractivity contribution in [2.45, 2.75) is 46.2 Å². The van der Waals surface area contributed by atoms with Gasteiger partial charge >= 0.3 is 0 Å². The summed E-state index contributed by atoms with van der Waals surface area (Å²) in [7, 11) is 0. The summed E-state index contributed by atoms with van der Waals surface area (Å²) in [6, 6.07) is 8.85. The van der Waals surface area contributed by atoms with Crippen LogP contribution in [0.25, 0.3) is 10.9 Å². The van der Waals surface area contributed by atoms with Crippen LogP contribution in [0.3, 0.4) is 0 Å². The molecule has 1 heterocycles. The van der Waals surface area contributed by atoms with Crippen molar-refractivity contribution in [2.24, 2.45) is 0 Å². The second-order valence-corrected chi connectivity index (χ2v) is 6.10. The van der Waals surface area contributed by atoms with Crippen molar-refractivity contribution < 1.29 is 0 Å². The van der Waals surface area contributed by atoms with E-state index in [1.54, 1.807) is 0 Å². The van der Waals surface area contributed by atoms with Crippen molar-refractivity contribution in [3.05, 3.63) is 36.0 Å². The first kappa shape index (κ1) is 13.2. The second-order valence-electron chi connectivity index (χ2n) is 6.10. The predicted octanol–water partition coefficient (Wildman–Crippen LogP) is 3.73. The van der Waals surface area contributed by atoms with Gasteiger partial charge in [-0.25, -0.2) is 0 Å². The molecule has 0 saturated carbocycles. The summed E-state index contributed by atoms with van der Waals surface area (Å²) in [5, 5.41) is 4.87. The number of hydrogen-bond donors (Lipinski definition) is 1. The number of benzene rings is 1. The molecule has 0 saturated heterocycles. The van der Waals surface area contributed by atoms with Gasteiger partial charge in [0, 0.05) is 23.8 Å². The summed E-state index contributed by atoms with van der Waals surface area (Å²) in [4.78, 5) is 0. The van der Waals surface area contributed by atoms with Gasteiger partial charge in [-0.2, -0.15) is 0 Å². The van der Waals surface area contributed by atoms with Gasteiger partial charge in [-0.3, -0.25) is 0 Å². The van der Waals surface area contributed by atoms with E-state index in [0.29, 0.717) is 0 Å². The Labute approximate surface area is 110 Å². The van der Waals surface area contributed by atoms with E-state index in [0.717, 1.165) is 19.5 Å². The molecule has 2 heteroatoms. The summed E-state index contributed by atoms with van der Waals surface area (Å²) in [6.45, 7) is 10.9. The van der Waals surface area contributed by atoms with E-state index in [9.17, 15) is 0 Å². The molecule has 2 nitrogen and oxygen atoms in total. The first-order chi connectivity index (χ1) is 8.46. The highest BCUT2D eigenvalue weighted by molar-refractivity contribution is 5.80. The quantitative estimate of drug-likeness (QED) is 0.811. The second kappa shape index (κ2) is 5.15. The number of rotatable bonds is 4. The van der Waals surface area contributed by atoms with Crippen molar-refractivity contribution >= 4 is 10.9 Å². The van der Waals surface area contributed by atoms with Crippen molar-refractivity contribution in [3.8, 4) is 0 Å². The number of aryl methyl sites for hydroxylation is 2. The van der Waals surface area contributed by atoms with Crippen LogP contribution in [0.1, 0.15) is 32.8 Å². The van der Waals surface area contributed by atoms with E-state index in [2.05, 4.69) is 68.0 Å². The average Bonchev–Trinajstić information content (AvgIpc) is 2.66. The first-order valence-electron chi connectivity index (χ1n) is 6.76. The monoisotopic (exact) mass is 244 g/mol. The molecule has 18 heavy (non-hydrogen) atoms. The van der Waals surface area contributed by atoms with Crippen LogP contribution in [0.2, 0.25) is 0 Å². The number of hydrogen-bond acceptors (Lipinski definition) is 1. The molecule has 1 aromatic carbocycles. The standard InChI is InChI=1S/C16H24N2/c1-13-6-7-14-8-11-18(15(14)12-13)10-5-9-17-16(2,3)4/h6-8,11-12,17H,5,9-10H2,1-4H3. The van der Waals surface area contributed by atoms with E-state index >= 15 is 0 Å². The zero-order valence-corrected chi connectivity index (χ0v) is 12.0. The Morgan fingerprint density at radius 2 is 1.94 bits per heavy atom. The third kappa shape index (κ3) is 3.36. The first-order valence-corrected chi connectivity index (χ1v) is 6.76. The fourth-order valence-electron chi connectivity index (χ4n) is 2.20. The number of nitrogens with zero attached hydrogens (tertiary/aromatic N) is 1. The largest absolute Gasteiger partial charge is 0.347 e. The lowest BCUT2D eigenvalue weighted by Crippen LogP contribution is -2.36. The van der Waals surface area contributed by atoms with Crippen molar-refractivity contribution in [1.82, 2.24) is 9.88 Å². The van der Waals surface area contributed by atoms with Crippen molar-refractivity contribution in [1.29, 1.82) is 0 Å². The van der Waals surface area contributed by atoms with Gasteiger partial charge in [-0.1, -0.05) is 12.1 Å².